The van der Waals surface area contributed by atoms with Crippen molar-refractivity contribution >= 4 is 5.91 Å². The van der Waals surface area contributed by atoms with E-state index >= 15 is 0 Å². The van der Waals surface area contributed by atoms with Crippen LogP contribution in [0.3, 0.4) is 0 Å². The van der Waals surface area contributed by atoms with Gasteiger partial charge >= 0.3 is 0 Å². The smallest absolute Gasteiger partial charge is 0.225 e. The molecule has 1 amide bonds. The quantitative estimate of drug-likeness (QED) is 0.714. The van der Waals surface area contributed by atoms with Gasteiger partial charge in [-0.3, -0.25) is 4.79 Å². The van der Waals surface area contributed by atoms with Crippen LogP contribution in [0.15, 0.2) is 0 Å². The summed E-state index contributed by atoms with van der Waals surface area (Å²) in [6.45, 7) is 5.27. The number of nitrogens with one attached hydrogen (secondary N) is 1. The molecular weight excluding hydrogens is 176 g/mol. The second kappa shape index (κ2) is 4.30. The number of nitrogens with zero attached hydrogens (tertiary/aromatic N) is 1. The first kappa shape index (κ1) is 9.97. The Balaban J connectivity index is 1.94. The highest BCUT2D eigenvalue weighted by Crippen LogP contribution is 2.25. The summed E-state index contributed by atoms with van der Waals surface area (Å²) in [4.78, 5) is 14.1. The second-order valence-corrected chi connectivity index (χ2v) is 4.41. The van der Waals surface area contributed by atoms with Crippen LogP contribution in [0.25, 0.3) is 0 Å². The van der Waals surface area contributed by atoms with E-state index < -0.39 is 0 Å². The Hall–Kier alpha value is -0.570. The molecule has 0 radical (unpaired) electrons. The highest BCUT2D eigenvalue weighted by atomic mass is 16.2. The Morgan fingerprint density at radius 2 is 2.07 bits per heavy atom. The van der Waals surface area contributed by atoms with Gasteiger partial charge in [-0.1, -0.05) is 6.92 Å². The number of hydrogen-bond acceptors (Lipinski definition) is 2. The molecule has 2 saturated heterocycles. The lowest BCUT2D eigenvalue weighted by molar-refractivity contribution is -0.133. The Bertz CT molecular complexity index is 211. The Morgan fingerprint density at radius 3 is 2.64 bits per heavy atom. The fraction of sp³-hybridized carbons (Fsp3) is 0.909. The molecule has 0 spiro atoms. The third-order valence-corrected chi connectivity index (χ3v) is 3.59. The molecule has 1 N–H and O–H groups in total. The van der Waals surface area contributed by atoms with Crippen molar-refractivity contribution in [3.8, 4) is 0 Å². The van der Waals surface area contributed by atoms with Gasteiger partial charge in [-0.2, -0.15) is 0 Å². The zero-order valence-electron chi connectivity index (χ0n) is 8.96. The van der Waals surface area contributed by atoms with Crippen molar-refractivity contribution in [3.05, 3.63) is 0 Å². The molecule has 0 saturated carbocycles. The molecule has 2 aliphatic rings. The number of amides is 1. The third kappa shape index (κ3) is 1.78. The molecule has 2 heterocycles. The summed E-state index contributed by atoms with van der Waals surface area (Å²) in [5.74, 6) is 0.740. The Labute approximate surface area is 85.8 Å². The van der Waals surface area contributed by atoms with E-state index in [9.17, 15) is 4.79 Å². The van der Waals surface area contributed by atoms with E-state index in [4.69, 9.17) is 0 Å². The minimum atomic E-state index is 0.324. The van der Waals surface area contributed by atoms with Crippen LogP contribution in [-0.4, -0.2) is 36.5 Å². The fourth-order valence-corrected chi connectivity index (χ4v) is 2.62. The van der Waals surface area contributed by atoms with Crippen LogP contribution in [0.4, 0.5) is 0 Å². The van der Waals surface area contributed by atoms with Crippen LogP contribution in [-0.2, 0) is 4.79 Å². The van der Waals surface area contributed by atoms with Gasteiger partial charge in [-0.15, -0.1) is 0 Å². The van der Waals surface area contributed by atoms with Gasteiger partial charge in [0.2, 0.25) is 5.91 Å². The molecule has 2 aliphatic heterocycles. The average Bonchev–Trinajstić information content (AvgIpc) is 2.61. The maximum atomic E-state index is 11.9. The molecule has 3 nitrogen and oxygen atoms in total. The van der Waals surface area contributed by atoms with Crippen molar-refractivity contribution in [3.63, 3.8) is 0 Å². The van der Waals surface area contributed by atoms with Gasteiger partial charge in [0.05, 0.1) is 0 Å². The summed E-state index contributed by atoms with van der Waals surface area (Å²) in [6.07, 6.45) is 4.38. The predicted octanol–water partition coefficient (Wildman–Crippen LogP) is 0.997. The van der Waals surface area contributed by atoms with Gasteiger partial charge in [0.1, 0.15) is 0 Å². The highest BCUT2D eigenvalue weighted by Gasteiger charge is 2.34. The number of carbonyl (C=O) groups is 1. The first-order chi connectivity index (χ1) is 6.83. The molecule has 2 rings (SSSR count). The van der Waals surface area contributed by atoms with Crippen LogP contribution in [0.1, 0.15) is 32.6 Å². The van der Waals surface area contributed by atoms with Gasteiger partial charge in [-0.25, -0.2) is 0 Å². The van der Waals surface area contributed by atoms with Gasteiger partial charge in [0, 0.05) is 18.5 Å². The standard InChI is InChI=1S/C11H20N2O/c1-2-9-5-8-13(11(9)14)10-3-6-12-7-4-10/h9-10,12H,2-8H2,1H3. The van der Waals surface area contributed by atoms with Gasteiger partial charge in [0.15, 0.2) is 0 Å². The first-order valence-corrected chi connectivity index (χ1v) is 5.84. The van der Waals surface area contributed by atoms with Crippen molar-refractivity contribution in [1.82, 2.24) is 10.2 Å². The normalized spacial score (nSPS) is 29.9. The molecule has 0 aromatic rings. The van der Waals surface area contributed by atoms with Crippen LogP contribution in [0.2, 0.25) is 0 Å². The van der Waals surface area contributed by atoms with Crippen LogP contribution in [0, 0.1) is 5.92 Å². The molecular formula is C11H20N2O. The zero-order valence-corrected chi connectivity index (χ0v) is 8.96. The molecule has 14 heavy (non-hydrogen) atoms. The molecule has 0 aliphatic carbocycles. The van der Waals surface area contributed by atoms with Crippen molar-refractivity contribution < 1.29 is 4.79 Å². The fourth-order valence-electron chi connectivity index (χ4n) is 2.62. The molecule has 1 atom stereocenters. The molecule has 1 unspecified atom stereocenters. The van der Waals surface area contributed by atoms with E-state index in [-0.39, 0.29) is 0 Å². The summed E-state index contributed by atoms with van der Waals surface area (Å²) in [5, 5.41) is 3.34. The van der Waals surface area contributed by atoms with Gasteiger partial charge in [-0.05, 0) is 38.8 Å². The first-order valence-electron chi connectivity index (χ1n) is 5.84. The third-order valence-electron chi connectivity index (χ3n) is 3.59. The van der Waals surface area contributed by atoms with Crippen molar-refractivity contribution in [2.45, 2.75) is 38.6 Å². The van der Waals surface area contributed by atoms with E-state index in [1.807, 2.05) is 0 Å². The van der Waals surface area contributed by atoms with E-state index in [1.54, 1.807) is 0 Å². The highest BCUT2D eigenvalue weighted by molar-refractivity contribution is 5.81. The zero-order chi connectivity index (χ0) is 9.97. The minimum Gasteiger partial charge on any atom is -0.339 e. The number of hydrogen-bond donors (Lipinski definition) is 1. The molecule has 80 valence electrons. The average molecular weight is 196 g/mol. The summed E-state index contributed by atoms with van der Waals surface area (Å²) in [5.41, 5.74) is 0. The molecule has 0 aromatic carbocycles. The maximum Gasteiger partial charge on any atom is 0.225 e. The van der Waals surface area contributed by atoms with E-state index in [1.165, 1.54) is 0 Å². The SMILES string of the molecule is CCC1CCN(C2CCNCC2)C1=O. The lowest BCUT2D eigenvalue weighted by Gasteiger charge is -2.31. The number of carbonyl (C=O) groups excluding carboxylic acids is 1. The number of piperidine rings is 1. The van der Waals surface area contributed by atoms with Crippen LogP contribution in [0.5, 0.6) is 0 Å². The largest absolute Gasteiger partial charge is 0.339 e. The van der Waals surface area contributed by atoms with Crippen LogP contribution >= 0.6 is 0 Å². The lowest BCUT2D eigenvalue weighted by Crippen LogP contribution is -2.44. The lowest BCUT2D eigenvalue weighted by atomic mass is 10.0. The molecule has 3 heteroatoms. The molecule has 0 bridgehead atoms. The maximum absolute atomic E-state index is 11.9. The van der Waals surface area contributed by atoms with Crippen LogP contribution < -0.4 is 5.32 Å². The topological polar surface area (TPSA) is 32.3 Å². The van der Waals surface area contributed by atoms with E-state index in [0.717, 1.165) is 45.3 Å². The monoisotopic (exact) mass is 196 g/mol. The van der Waals surface area contributed by atoms with Crippen molar-refractivity contribution in [2.75, 3.05) is 19.6 Å². The second-order valence-electron chi connectivity index (χ2n) is 4.41. The van der Waals surface area contributed by atoms with Gasteiger partial charge in [0.25, 0.3) is 0 Å². The summed E-state index contributed by atoms with van der Waals surface area (Å²) in [6, 6.07) is 0.528. The predicted molar refractivity (Wildman–Crippen MR) is 56.0 cm³/mol. The number of rotatable bonds is 2. The van der Waals surface area contributed by atoms with Gasteiger partial charge < -0.3 is 10.2 Å². The molecule has 0 aromatic heterocycles. The number of likely N-dealkylation sites (tertiary alicyclic amines) is 1. The summed E-state index contributed by atoms with van der Waals surface area (Å²) < 4.78 is 0. The van der Waals surface area contributed by atoms with E-state index in [2.05, 4.69) is 17.1 Å². The van der Waals surface area contributed by atoms with Crippen molar-refractivity contribution in [2.24, 2.45) is 5.92 Å². The minimum absolute atomic E-state index is 0.324. The van der Waals surface area contributed by atoms with E-state index in [0.29, 0.717) is 17.9 Å². The Kier molecular flexibility index (Phi) is 3.06. The molecule has 2 fully saturated rings. The summed E-state index contributed by atoms with van der Waals surface area (Å²) in [7, 11) is 0. The summed E-state index contributed by atoms with van der Waals surface area (Å²) >= 11 is 0. The van der Waals surface area contributed by atoms with Crippen molar-refractivity contribution in [1.29, 1.82) is 0 Å². The Morgan fingerprint density at radius 1 is 1.36 bits per heavy atom.